The van der Waals surface area contributed by atoms with E-state index in [0.29, 0.717) is 4.77 Å². The molecule has 1 heterocycles. The number of nitrogens with zero attached hydrogens (tertiary/aromatic N) is 3. The summed E-state index contributed by atoms with van der Waals surface area (Å²) in [6.45, 7) is 2.89. The summed E-state index contributed by atoms with van der Waals surface area (Å²) in [7, 11) is 0. The van der Waals surface area contributed by atoms with Crippen molar-refractivity contribution < 1.29 is 4.74 Å². The van der Waals surface area contributed by atoms with E-state index in [1.807, 2.05) is 24.3 Å². The van der Waals surface area contributed by atoms with Gasteiger partial charge in [-0.25, -0.2) is 4.68 Å². The van der Waals surface area contributed by atoms with Crippen molar-refractivity contribution in [2.75, 3.05) is 6.61 Å². The van der Waals surface area contributed by atoms with E-state index in [1.54, 1.807) is 4.68 Å². The zero-order valence-corrected chi connectivity index (χ0v) is 10.4. The minimum absolute atomic E-state index is 0.407. The van der Waals surface area contributed by atoms with Gasteiger partial charge in [0.15, 0.2) is 0 Å². The Bertz CT molecular complexity index is 517. The van der Waals surface area contributed by atoms with Gasteiger partial charge in [0.1, 0.15) is 5.75 Å². The lowest BCUT2D eigenvalue weighted by atomic mass is 10.3. The van der Waals surface area contributed by atoms with E-state index < -0.39 is 0 Å². The molecule has 0 amide bonds. The first-order chi connectivity index (χ1) is 8.31. The number of hydrogen-bond donors (Lipinski definition) is 1. The van der Waals surface area contributed by atoms with Gasteiger partial charge in [-0.3, -0.25) is 0 Å². The first-order valence-electron chi connectivity index (χ1n) is 5.54. The molecule has 0 bridgehead atoms. The molecule has 0 fully saturated rings. The Balaban J connectivity index is 2.08. The van der Waals surface area contributed by atoms with Crippen LogP contribution in [0.1, 0.15) is 19.8 Å². The smallest absolute Gasteiger partial charge is 0.242 e. The van der Waals surface area contributed by atoms with E-state index in [1.165, 1.54) is 0 Å². The Morgan fingerprint density at radius 3 is 2.71 bits per heavy atom. The highest BCUT2D eigenvalue weighted by atomic mass is 32.1. The molecule has 0 saturated heterocycles. The Kier molecular flexibility index (Phi) is 3.87. The average molecular weight is 250 g/mol. The van der Waals surface area contributed by atoms with Crippen LogP contribution < -0.4 is 4.74 Å². The third-order valence-corrected chi connectivity index (χ3v) is 2.60. The number of benzene rings is 1. The van der Waals surface area contributed by atoms with Crippen LogP contribution in [0.5, 0.6) is 5.75 Å². The highest BCUT2D eigenvalue weighted by molar-refractivity contribution is 7.71. The Hall–Kier alpha value is -1.69. The van der Waals surface area contributed by atoms with Crippen molar-refractivity contribution in [1.29, 1.82) is 0 Å². The molecular formula is C11H14N4OS. The molecule has 0 aliphatic carbocycles. The fourth-order valence-corrected chi connectivity index (χ4v) is 1.58. The van der Waals surface area contributed by atoms with E-state index >= 15 is 0 Å². The number of hydrogen-bond acceptors (Lipinski definition) is 4. The minimum Gasteiger partial charge on any atom is -0.494 e. The maximum absolute atomic E-state index is 5.57. The summed E-state index contributed by atoms with van der Waals surface area (Å²) in [4.78, 5) is 0. The summed E-state index contributed by atoms with van der Waals surface area (Å²) in [6.07, 6.45) is 2.20. The molecular weight excluding hydrogens is 236 g/mol. The van der Waals surface area contributed by atoms with Crippen molar-refractivity contribution in [3.05, 3.63) is 29.0 Å². The summed E-state index contributed by atoms with van der Waals surface area (Å²) in [5.41, 5.74) is 0.892. The molecule has 1 N–H and O–H groups in total. The van der Waals surface area contributed by atoms with E-state index in [0.717, 1.165) is 30.9 Å². The number of ether oxygens (including phenoxy) is 1. The van der Waals surface area contributed by atoms with Crippen LogP contribution in [0.3, 0.4) is 0 Å². The Morgan fingerprint density at radius 2 is 2.12 bits per heavy atom. The molecule has 0 atom stereocenters. The zero-order valence-electron chi connectivity index (χ0n) is 9.59. The molecule has 2 aromatic rings. The molecule has 1 aromatic heterocycles. The molecule has 5 nitrogen and oxygen atoms in total. The number of tetrazole rings is 1. The fourth-order valence-electron chi connectivity index (χ4n) is 1.39. The third kappa shape index (κ3) is 2.91. The maximum Gasteiger partial charge on any atom is 0.242 e. The van der Waals surface area contributed by atoms with Crippen molar-refractivity contribution in [1.82, 2.24) is 20.2 Å². The van der Waals surface area contributed by atoms with Crippen molar-refractivity contribution in [3.63, 3.8) is 0 Å². The van der Waals surface area contributed by atoms with Gasteiger partial charge in [0.05, 0.1) is 12.3 Å². The minimum atomic E-state index is 0.407. The van der Waals surface area contributed by atoms with E-state index in [4.69, 9.17) is 17.0 Å². The quantitative estimate of drug-likeness (QED) is 0.654. The van der Waals surface area contributed by atoms with E-state index in [-0.39, 0.29) is 0 Å². The van der Waals surface area contributed by atoms with E-state index in [2.05, 4.69) is 22.4 Å². The van der Waals surface area contributed by atoms with Gasteiger partial charge in [0, 0.05) is 0 Å². The summed E-state index contributed by atoms with van der Waals surface area (Å²) in [5, 5.41) is 10.1. The van der Waals surface area contributed by atoms with Crippen LogP contribution in [0, 0.1) is 4.77 Å². The van der Waals surface area contributed by atoms with Gasteiger partial charge in [0.25, 0.3) is 0 Å². The molecule has 0 aliphatic rings. The van der Waals surface area contributed by atoms with Gasteiger partial charge in [-0.2, -0.15) is 5.21 Å². The number of nitrogens with one attached hydrogen (secondary N) is 1. The predicted molar refractivity (Wildman–Crippen MR) is 66.9 cm³/mol. The van der Waals surface area contributed by atoms with Gasteiger partial charge < -0.3 is 4.74 Å². The number of aromatic amines is 1. The number of rotatable bonds is 5. The van der Waals surface area contributed by atoms with Crippen LogP contribution in [0.2, 0.25) is 0 Å². The molecule has 1 aromatic carbocycles. The first kappa shape index (κ1) is 11.8. The van der Waals surface area contributed by atoms with Crippen LogP contribution in [0.15, 0.2) is 24.3 Å². The Labute approximate surface area is 104 Å². The molecule has 0 radical (unpaired) electrons. The van der Waals surface area contributed by atoms with Crippen molar-refractivity contribution >= 4 is 12.2 Å². The molecule has 0 aliphatic heterocycles. The van der Waals surface area contributed by atoms with Gasteiger partial charge in [0.2, 0.25) is 4.77 Å². The van der Waals surface area contributed by atoms with Crippen LogP contribution in [0.25, 0.3) is 5.69 Å². The second-order valence-electron chi connectivity index (χ2n) is 3.61. The summed E-state index contributed by atoms with van der Waals surface area (Å²) < 4.78 is 7.61. The molecule has 2 rings (SSSR count). The highest BCUT2D eigenvalue weighted by Crippen LogP contribution is 2.14. The first-order valence-corrected chi connectivity index (χ1v) is 5.95. The lowest BCUT2D eigenvalue weighted by Gasteiger charge is -2.06. The normalized spacial score (nSPS) is 10.4. The van der Waals surface area contributed by atoms with Gasteiger partial charge in [-0.1, -0.05) is 23.7 Å². The molecule has 0 saturated carbocycles. The second-order valence-corrected chi connectivity index (χ2v) is 3.98. The second kappa shape index (κ2) is 5.58. The summed E-state index contributed by atoms with van der Waals surface area (Å²) in [6, 6.07) is 7.65. The lowest BCUT2D eigenvalue weighted by Crippen LogP contribution is -1.99. The van der Waals surface area contributed by atoms with Crippen LogP contribution in [0.4, 0.5) is 0 Å². The van der Waals surface area contributed by atoms with Gasteiger partial charge in [-0.05, 0) is 42.9 Å². The molecule has 0 unspecified atom stereocenters. The van der Waals surface area contributed by atoms with Crippen molar-refractivity contribution in [2.24, 2.45) is 0 Å². The Morgan fingerprint density at radius 1 is 1.35 bits per heavy atom. The van der Waals surface area contributed by atoms with Crippen LogP contribution >= 0.6 is 12.2 Å². The largest absolute Gasteiger partial charge is 0.494 e. The molecule has 0 spiro atoms. The number of H-pyrrole nitrogens is 1. The van der Waals surface area contributed by atoms with Crippen LogP contribution in [-0.4, -0.2) is 26.8 Å². The van der Waals surface area contributed by atoms with Crippen molar-refractivity contribution in [2.45, 2.75) is 19.8 Å². The van der Waals surface area contributed by atoms with Crippen LogP contribution in [-0.2, 0) is 0 Å². The molecule has 6 heteroatoms. The SMILES string of the molecule is CCCCOc1ccc(-n2[nH]nnc2=S)cc1. The standard InChI is InChI=1S/C11H14N4OS/c1-2-3-8-16-10-6-4-9(5-7-10)15-11(17)12-13-14-15/h4-7H,2-3,8H2,1H3,(H,12,14,17). The predicted octanol–water partition coefficient (Wildman–Crippen LogP) is 2.50. The molecule has 90 valence electrons. The lowest BCUT2D eigenvalue weighted by molar-refractivity contribution is 0.309. The average Bonchev–Trinajstić information content (AvgIpc) is 2.77. The summed E-state index contributed by atoms with van der Waals surface area (Å²) in [5.74, 6) is 0.862. The highest BCUT2D eigenvalue weighted by Gasteiger charge is 2.00. The van der Waals surface area contributed by atoms with Gasteiger partial charge in [-0.15, -0.1) is 0 Å². The third-order valence-electron chi connectivity index (χ3n) is 2.33. The fraction of sp³-hybridized carbons (Fsp3) is 0.364. The summed E-state index contributed by atoms with van der Waals surface area (Å²) >= 11 is 5.01. The molecule has 17 heavy (non-hydrogen) atoms. The number of aromatic nitrogens is 4. The maximum atomic E-state index is 5.57. The van der Waals surface area contributed by atoms with E-state index in [9.17, 15) is 0 Å². The monoisotopic (exact) mass is 250 g/mol. The van der Waals surface area contributed by atoms with Crippen molar-refractivity contribution in [3.8, 4) is 11.4 Å². The topological polar surface area (TPSA) is 55.7 Å². The number of unbranched alkanes of at least 4 members (excludes halogenated alkanes) is 1. The van der Waals surface area contributed by atoms with Gasteiger partial charge >= 0.3 is 0 Å². The zero-order chi connectivity index (χ0) is 12.1.